The number of hydroxylamine groups is 2. The first-order valence-electron chi connectivity index (χ1n) is 10.2. The number of fused-ring (bicyclic) bond motifs is 5. The molecule has 0 radical (unpaired) electrons. The molecular formula is C20H24N6O4S. The van der Waals surface area contributed by atoms with Gasteiger partial charge in [-0.05, 0) is 45.1 Å². The third kappa shape index (κ3) is 3.24. The molecule has 1 saturated heterocycles. The van der Waals surface area contributed by atoms with E-state index in [2.05, 4.69) is 9.98 Å². The third-order valence-electron chi connectivity index (χ3n) is 5.48. The molecule has 11 heteroatoms. The number of thiophene rings is 1. The number of carbonyl (C=O) groups excluding carboxylic acids is 2. The molecule has 2 aromatic rings. The summed E-state index contributed by atoms with van der Waals surface area (Å²) < 4.78 is 7.36. The van der Waals surface area contributed by atoms with Crippen molar-refractivity contribution in [1.82, 2.24) is 19.5 Å². The molecule has 2 N–H and O–H groups in total. The minimum absolute atomic E-state index is 0.00375. The molecule has 5 rings (SSSR count). The average Bonchev–Trinajstić information content (AvgIpc) is 3.49. The van der Waals surface area contributed by atoms with Gasteiger partial charge in [0.15, 0.2) is 6.17 Å². The molecule has 1 unspecified atom stereocenters. The Bertz CT molecular complexity index is 1080. The predicted octanol–water partition coefficient (Wildman–Crippen LogP) is 2.13. The average molecular weight is 445 g/mol. The van der Waals surface area contributed by atoms with Crippen molar-refractivity contribution in [3.05, 3.63) is 34.0 Å². The molecule has 0 spiro atoms. The van der Waals surface area contributed by atoms with Gasteiger partial charge in [0.05, 0.1) is 24.1 Å². The molecule has 10 nitrogen and oxygen atoms in total. The lowest BCUT2D eigenvalue weighted by Crippen LogP contribution is -2.34. The molecule has 164 valence electrons. The Morgan fingerprint density at radius 2 is 2.23 bits per heavy atom. The van der Waals surface area contributed by atoms with Crippen LogP contribution in [0.3, 0.4) is 0 Å². The number of aromatic nitrogens is 2. The molecule has 5 heterocycles. The van der Waals surface area contributed by atoms with E-state index in [1.54, 1.807) is 27.1 Å². The zero-order valence-electron chi connectivity index (χ0n) is 17.6. The molecule has 0 bridgehead atoms. The quantitative estimate of drug-likeness (QED) is 0.721. The lowest BCUT2D eigenvalue weighted by atomic mass is 10.1. The van der Waals surface area contributed by atoms with Gasteiger partial charge < -0.3 is 20.2 Å². The number of nitrogens with zero attached hydrogens (tertiary/aromatic N) is 5. The fourth-order valence-corrected chi connectivity index (χ4v) is 5.12. The van der Waals surface area contributed by atoms with Gasteiger partial charge >= 0.3 is 11.9 Å². The van der Waals surface area contributed by atoms with Gasteiger partial charge in [-0.25, -0.2) is 14.8 Å². The van der Waals surface area contributed by atoms with E-state index in [-0.39, 0.29) is 24.5 Å². The fraction of sp³-hybridized carbons (Fsp3) is 0.500. The Labute approximate surface area is 183 Å². The van der Waals surface area contributed by atoms with Gasteiger partial charge in [-0.2, -0.15) is 0 Å². The highest BCUT2D eigenvalue weighted by atomic mass is 32.1. The Kier molecular flexibility index (Phi) is 4.65. The summed E-state index contributed by atoms with van der Waals surface area (Å²) in [4.78, 5) is 43.0. The minimum atomic E-state index is -0.707. The monoisotopic (exact) mass is 444 g/mol. The highest BCUT2D eigenvalue weighted by Gasteiger charge is 2.44. The molecular weight excluding hydrogens is 420 g/mol. The molecule has 0 aromatic carbocycles. The van der Waals surface area contributed by atoms with Crippen LogP contribution in [0.5, 0.6) is 0 Å². The van der Waals surface area contributed by atoms with E-state index in [0.29, 0.717) is 17.1 Å². The zero-order valence-corrected chi connectivity index (χ0v) is 18.4. The summed E-state index contributed by atoms with van der Waals surface area (Å²) in [6.45, 7) is 6.03. The highest BCUT2D eigenvalue weighted by molar-refractivity contribution is 7.12. The third-order valence-corrected chi connectivity index (χ3v) is 6.37. The summed E-state index contributed by atoms with van der Waals surface area (Å²) in [5, 5.41) is 3.31. The van der Waals surface area contributed by atoms with E-state index >= 15 is 0 Å². The van der Waals surface area contributed by atoms with Crippen molar-refractivity contribution in [1.29, 1.82) is 0 Å². The van der Waals surface area contributed by atoms with Crippen LogP contribution >= 0.6 is 11.3 Å². The van der Waals surface area contributed by atoms with Crippen LogP contribution in [0, 0.1) is 0 Å². The van der Waals surface area contributed by atoms with Crippen LogP contribution < -0.4 is 5.73 Å². The largest absolute Gasteiger partial charge is 0.453 e. The lowest BCUT2D eigenvalue weighted by molar-refractivity contribution is -0.152. The van der Waals surface area contributed by atoms with Crippen LogP contribution in [0.15, 0.2) is 22.8 Å². The summed E-state index contributed by atoms with van der Waals surface area (Å²) in [6, 6.07) is 1.81. The van der Waals surface area contributed by atoms with Crippen LogP contribution in [-0.4, -0.2) is 56.1 Å². The normalized spacial score (nSPS) is 23.0. The van der Waals surface area contributed by atoms with E-state index in [0.717, 1.165) is 24.2 Å². The van der Waals surface area contributed by atoms with Crippen LogP contribution in [0.25, 0.3) is 5.69 Å². The van der Waals surface area contributed by atoms with E-state index in [1.807, 2.05) is 20.9 Å². The summed E-state index contributed by atoms with van der Waals surface area (Å²) in [5.74, 6) is -0.772. The minimum Gasteiger partial charge on any atom is -0.453 e. The summed E-state index contributed by atoms with van der Waals surface area (Å²) >= 11 is 1.43. The second-order valence-corrected chi connectivity index (χ2v) is 9.59. The van der Waals surface area contributed by atoms with Crippen LogP contribution in [-0.2, 0) is 14.4 Å². The second kappa shape index (κ2) is 7.14. The van der Waals surface area contributed by atoms with E-state index in [1.165, 1.54) is 16.4 Å². The number of hydrogen-bond acceptors (Lipinski definition) is 9. The Hall–Kier alpha value is -2.76. The van der Waals surface area contributed by atoms with Crippen molar-refractivity contribution in [2.45, 2.75) is 51.4 Å². The Morgan fingerprint density at radius 3 is 2.97 bits per heavy atom. The maximum absolute atomic E-state index is 13.1. The van der Waals surface area contributed by atoms with Crippen molar-refractivity contribution in [3.8, 4) is 5.69 Å². The Balaban J connectivity index is 1.59. The smallest absolute Gasteiger partial charge is 0.396 e. The van der Waals surface area contributed by atoms with Crippen molar-refractivity contribution in [3.63, 3.8) is 0 Å². The number of imidazole rings is 1. The standard InChI is InChI=1S/C20H24N6O4S/c1-20(2,3)29-19(28)17-23-16(26(9-21)30-17)13-14-11-5-4-7-24(11)18(27)15-12(6-8-31-15)25(14)10-22-13/h6,8,10-11,16H,4-5,7,9,21H2,1-3H3/t11-,16?/m0/s1. The molecule has 0 aliphatic carbocycles. The van der Waals surface area contributed by atoms with Gasteiger partial charge in [-0.1, -0.05) is 5.06 Å². The fourth-order valence-electron chi connectivity index (χ4n) is 4.28. The summed E-state index contributed by atoms with van der Waals surface area (Å²) in [5.41, 5.74) is 7.52. The lowest BCUT2D eigenvalue weighted by Gasteiger charge is -2.25. The summed E-state index contributed by atoms with van der Waals surface area (Å²) in [7, 11) is 0. The van der Waals surface area contributed by atoms with E-state index in [9.17, 15) is 9.59 Å². The van der Waals surface area contributed by atoms with Gasteiger partial charge in [0.2, 0.25) is 0 Å². The van der Waals surface area contributed by atoms with Gasteiger partial charge in [-0.3, -0.25) is 9.36 Å². The maximum atomic E-state index is 13.1. The molecule has 0 saturated carbocycles. The highest BCUT2D eigenvalue weighted by Crippen LogP contribution is 2.43. The van der Waals surface area contributed by atoms with Crippen LogP contribution in [0.1, 0.15) is 66.9 Å². The number of rotatable bonds is 3. The first-order chi connectivity index (χ1) is 14.8. The first-order valence-corrected chi connectivity index (χ1v) is 11.1. The molecule has 2 atom stereocenters. The zero-order chi connectivity index (χ0) is 21.9. The number of nitrogens with two attached hydrogens (primary N) is 1. The maximum Gasteiger partial charge on any atom is 0.396 e. The van der Waals surface area contributed by atoms with Gasteiger partial charge in [0, 0.05) is 6.54 Å². The van der Waals surface area contributed by atoms with Gasteiger partial charge in [0.25, 0.3) is 5.91 Å². The number of amides is 1. The SMILES string of the molecule is CC(C)(C)OC(=O)C1=NC(c2ncn3c2[C@@H]2CCCN2C(=O)c2sccc2-3)N(CN)O1. The van der Waals surface area contributed by atoms with Crippen LogP contribution in [0.4, 0.5) is 0 Å². The number of carbonyl (C=O) groups is 2. The van der Waals surface area contributed by atoms with Crippen molar-refractivity contribution >= 4 is 29.1 Å². The van der Waals surface area contributed by atoms with Crippen molar-refractivity contribution < 1.29 is 19.2 Å². The topological polar surface area (TPSA) is 115 Å². The molecule has 2 aromatic heterocycles. The Morgan fingerprint density at radius 1 is 1.42 bits per heavy atom. The molecule has 3 aliphatic rings. The molecule has 31 heavy (non-hydrogen) atoms. The molecule has 1 amide bonds. The van der Waals surface area contributed by atoms with Crippen LogP contribution in [0.2, 0.25) is 0 Å². The van der Waals surface area contributed by atoms with Crippen molar-refractivity contribution in [2.75, 3.05) is 13.2 Å². The van der Waals surface area contributed by atoms with Crippen molar-refractivity contribution in [2.24, 2.45) is 10.7 Å². The van der Waals surface area contributed by atoms with Gasteiger partial charge in [0.1, 0.15) is 22.5 Å². The molecule has 1 fully saturated rings. The predicted molar refractivity (Wildman–Crippen MR) is 112 cm³/mol. The first kappa shape index (κ1) is 20.2. The van der Waals surface area contributed by atoms with Gasteiger partial charge in [-0.15, -0.1) is 11.3 Å². The number of hydrogen-bond donors (Lipinski definition) is 1. The summed E-state index contributed by atoms with van der Waals surface area (Å²) in [6.07, 6.45) is 2.75. The van der Waals surface area contributed by atoms with E-state index in [4.69, 9.17) is 15.3 Å². The molecule has 3 aliphatic heterocycles. The number of aliphatic imine (C=N–C) groups is 1. The van der Waals surface area contributed by atoms with E-state index < -0.39 is 17.7 Å². The number of esters is 1. The number of ether oxygens (including phenoxy) is 1. The second-order valence-electron chi connectivity index (χ2n) is 8.68.